The molecule has 0 aliphatic carbocycles. The van der Waals surface area contributed by atoms with Crippen LogP contribution in [0.25, 0.3) is 0 Å². The van der Waals surface area contributed by atoms with Crippen molar-refractivity contribution in [3.63, 3.8) is 0 Å². The largest absolute Gasteiger partial charge is 0.324 e. The van der Waals surface area contributed by atoms with Crippen LogP contribution in [0.3, 0.4) is 0 Å². The van der Waals surface area contributed by atoms with Crippen molar-refractivity contribution in [2.75, 3.05) is 0 Å². The number of rotatable bonds is 6. The standard InChI is InChI=1S/C18H27N3/c1-5-13(6-2)19-17-15-11-9-10-12-16(15)18(21-17)20-14(7-3)8-4/h9-14H,5-8H2,1-4H3,(H,19,20,21). The smallest absolute Gasteiger partial charge is 0.134 e. The Morgan fingerprint density at radius 2 is 1.14 bits per heavy atom. The lowest BCUT2D eigenvalue weighted by Gasteiger charge is -2.10. The summed E-state index contributed by atoms with van der Waals surface area (Å²) in [7, 11) is 0. The topological polar surface area (TPSA) is 36.8 Å². The first-order valence-electron chi connectivity index (χ1n) is 8.25. The van der Waals surface area contributed by atoms with Crippen LogP contribution in [0.4, 0.5) is 0 Å². The van der Waals surface area contributed by atoms with E-state index in [1.54, 1.807) is 0 Å². The van der Waals surface area contributed by atoms with Gasteiger partial charge in [0.25, 0.3) is 0 Å². The summed E-state index contributed by atoms with van der Waals surface area (Å²) in [5.74, 6) is 1.98. The molecule has 1 aromatic carbocycles. The third kappa shape index (κ3) is 3.52. The molecule has 21 heavy (non-hydrogen) atoms. The van der Waals surface area contributed by atoms with Gasteiger partial charge < -0.3 is 5.32 Å². The number of nitrogens with zero attached hydrogens (tertiary/aromatic N) is 2. The van der Waals surface area contributed by atoms with Gasteiger partial charge in [0.1, 0.15) is 11.7 Å². The van der Waals surface area contributed by atoms with Crippen LogP contribution >= 0.6 is 0 Å². The fraction of sp³-hybridized carbons (Fsp3) is 0.556. The minimum Gasteiger partial charge on any atom is -0.324 e. The van der Waals surface area contributed by atoms with Crippen LogP contribution in [0.5, 0.6) is 0 Å². The van der Waals surface area contributed by atoms with Crippen LogP contribution in [0.15, 0.2) is 34.3 Å². The molecule has 1 aromatic rings. The van der Waals surface area contributed by atoms with E-state index in [0.29, 0.717) is 12.1 Å². The molecule has 1 aliphatic rings. The van der Waals surface area contributed by atoms with Crippen LogP contribution < -0.4 is 5.32 Å². The third-order valence-corrected chi connectivity index (χ3v) is 4.18. The molecule has 0 radical (unpaired) electrons. The first-order valence-corrected chi connectivity index (χ1v) is 8.25. The maximum absolute atomic E-state index is 4.89. The van der Waals surface area contributed by atoms with Gasteiger partial charge in [0.05, 0.1) is 12.1 Å². The van der Waals surface area contributed by atoms with E-state index in [2.05, 4.69) is 57.3 Å². The molecule has 0 amide bonds. The van der Waals surface area contributed by atoms with E-state index >= 15 is 0 Å². The second kappa shape index (κ2) is 7.39. The summed E-state index contributed by atoms with van der Waals surface area (Å²) in [6.45, 7) is 8.77. The minimum atomic E-state index is 0.382. The van der Waals surface area contributed by atoms with Gasteiger partial charge in [-0.25, -0.2) is 0 Å². The molecule has 0 spiro atoms. The number of hydrogen-bond acceptors (Lipinski definition) is 2. The summed E-state index contributed by atoms with van der Waals surface area (Å²) < 4.78 is 0. The quantitative estimate of drug-likeness (QED) is 0.837. The van der Waals surface area contributed by atoms with E-state index in [4.69, 9.17) is 9.98 Å². The summed E-state index contributed by atoms with van der Waals surface area (Å²) in [5.41, 5.74) is 2.38. The number of aliphatic imine (C=N–C) groups is 2. The van der Waals surface area contributed by atoms with Crippen LogP contribution in [-0.2, 0) is 0 Å². The highest BCUT2D eigenvalue weighted by molar-refractivity contribution is 6.25. The molecule has 0 fully saturated rings. The van der Waals surface area contributed by atoms with E-state index < -0.39 is 0 Å². The van der Waals surface area contributed by atoms with E-state index in [1.165, 1.54) is 11.1 Å². The van der Waals surface area contributed by atoms with Crippen molar-refractivity contribution in [1.29, 1.82) is 0 Å². The first kappa shape index (κ1) is 15.7. The lowest BCUT2D eigenvalue weighted by Crippen LogP contribution is -2.25. The van der Waals surface area contributed by atoms with Gasteiger partial charge in [-0.1, -0.05) is 52.0 Å². The Bertz CT molecular complexity index is 476. The zero-order chi connectivity index (χ0) is 15.2. The minimum absolute atomic E-state index is 0.382. The van der Waals surface area contributed by atoms with Crippen LogP contribution in [0.2, 0.25) is 0 Å². The second-order valence-corrected chi connectivity index (χ2v) is 5.57. The van der Waals surface area contributed by atoms with Crippen molar-refractivity contribution in [3.8, 4) is 0 Å². The van der Waals surface area contributed by atoms with Crippen molar-refractivity contribution in [2.45, 2.75) is 65.5 Å². The maximum Gasteiger partial charge on any atom is 0.134 e. The molecule has 3 heteroatoms. The number of hydrogen-bond donors (Lipinski definition) is 1. The number of benzene rings is 1. The summed E-state index contributed by atoms with van der Waals surface area (Å²) in [6, 6.07) is 9.19. The molecule has 0 saturated heterocycles. The van der Waals surface area contributed by atoms with Crippen molar-refractivity contribution in [2.24, 2.45) is 9.98 Å². The van der Waals surface area contributed by atoms with Crippen LogP contribution in [-0.4, -0.2) is 23.8 Å². The Labute approximate surface area is 128 Å². The van der Waals surface area contributed by atoms with E-state index in [-0.39, 0.29) is 0 Å². The highest BCUT2D eigenvalue weighted by atomic mass is 15.1. The molecule has 0 saturated carbocycles. The molecule has 114 valence electrons. The zero-order valence-corrected chi connectivity index (χ0v) is 13.7. The van der Waals surface area contributed by atoms with Crippen LogP contribution in [0.1, 0.15) is 64.5 Å². The monoisotopic (exact) mass is 285 g/mol. The summed E-state index contributed by atoms with van der Waals surface area (Å²) in [5, 5.41) is 3.45. The van der Waals surface area contributed by atoms with Crippen molar-refractivity contribution in [3.05, 3.63) is 35.4 Å². The van der Waals surface area contributed by atoms with Crippen molar-refractivity contribution < 1.29 is 0 Å². The third-order valence-electron chi connectivity index (χ3n) is 4.18. The molecular formula is C18H27N3. The Morgan fingerprint density at radius 1 is 0.762 bits per heavy atom. The Morgan fingerprint density at radius 3 is 1.48 bits per heavy atom. The first-order chi connectivity index (χ1) is 10.2. The molecule has 1 heterocycles. The van der Waals surface area contributed by atoms with Gasteiger partial charge in [-0.3, -0.25) is 9.98 Å². The maximum atomic E-state index is 4.89. The predicted octanol–water partition coefficient (Wildman–Crippen LogP) is 4.16. The Balaban J connectivity index is 2.38. The lowest BCUT2D eigenvalue weighted by molar-refractivity contribution is 0.627. The highest BCUT2D eigenvalue weighted by Crippen LogP contribution is 2.19. The second-order valence-electron chi connectivity index (χ2n) is 5.57. The number of nitrogens with one attached hydrogen (secondary N) is 1. The molecule has 3 nitrogen and oxygen atoms in total. The van der Waals surface area contributed by atoms with Gasteiger partial charge in [0, 0.05) is 11.1 Å². The molecule has 0 aromatic heterocycles. The van der Waals surface area contributed by atoms with E-state index in [0.717, 1.165) is 37.4 Å². The van der Waals surface area contributed by atoms with Crippen molar-refractivity contribution in [1.82, 2.24) is 5.32 Å². The Kier molecular flexibility index (Phi) is 5.54. The molecule has 0 unspecified atom stereocenters. The summed E-state index contributed by atoms with van der Waals surface area (Å²) in [4.78, 5) is 9.78. The molecule has 1 aliphatic heterocycles. The highest BCUT2D eigenvalue weighted by Gasteiger charge is 2.24. The number of amidine groups is 2. The summed E-state index contributed by atoms with van der Waals surface area (Å²) >= 11 is 0. The van der Waals surface area contributed by atoms with E-state index in [1.807, 2.05) is 0 Å². The average Bonchev–Trinajstić information content (AvgIpc) is 2.88. The predicted molar refractivity (Wildman–Crippen MR) is 91.4 cm³/mol. The molecule has 0 bridgehead atoms. The molecular weight excluding hydrogens is 258 g/mol. The van der Waals surface area contributed by atoms with Gasteiger partial charge in [-0.05, 0) is 25.7 Å². The van der Waals surface area contributed by atoms with Gasteiger partial charge >= 0.3 is 0 Å². The normalized spacial score (nSPS) is 17.8. The lowest BCUT2D eigenvalue weighted by atomic mass is 10.1. The Hall–Kier alpha value is -1.64. The van der Waals surface area contributed by atoms with Crippen molar-refractivity contribution >= 4 is 11.7 Å². The number of fused-ring (bicyclic) bond motifs is 1. The van der Waals surface area contributed by atoms with Crippen LogP contribution in [0, 0.1) is 0 Å². The van der Waals surface area contributed by atoms with Gasteiger partial charge in [-0.15, -0.1) is 0 Å². The molecule has 1 N–H and O–H groups in total. The summed E-state index contributed by atoms with van der Waals surface area (Å²) in [6.07, 6.45) is 4.29. The SMILES string of the molecule is CCC(CC)N=C1NC(=NC(CC)CC)c2ccccc21. The average molecular weight is 285 g/mol. The van der Waals surface area contributed by atoms with Gasteiger partial charge in [0.15, 0.2) is 0 Å². The fourth-order valence-corrected chi connectivity index (χ4v) is 2.65. The van der Waals surface area contributed by atoms with Gasteiger partial charge in [-0.2, -0.15) is 0 Å². The molecule has 2 rings (SSSR count). The fourth-order valence-electron chi connectivity index (χ4n) is 2.65. The van der Waals surface area contributed by atoms with Gasteiger partial charge in [0.2, 0.25) is 0 Å². The van der Waals surface area contributed by atoms with E-state index in [9.17, 15) is 0 Å². The molecule has 0 atom stereocenters. The zero-order valence-electron chi connectivity index (χ0n) is 13.7.